The quantitative estimate of drug-likeness (QED) is 0.469. The van der Waals surface area contributed by atoms with Crippen LogP contribution in [-0.2, 0) is 16.0 Å². The minimum absolute atomic E-state index is 0.0408. The minimum Gasteiger partial charge on any atom is -0.497 e. The normalized spacial score (nSPS) is 11.7. The van der Waals surface area contributed by atoms with Crippen LogP contribution in [0.1, 0.15) is 12.5 Å². The zero-order valence-corrected chi connectivity index (χ0v) is 10.8. The molecule has 19 heavy (non-hydrogen) atoms. The van der Waals surface area contributed by atoms with Crippen LogP contribution >= 0.6 is 0 Å². The van der Waals surface area contributed by atoms with E-state index in [1.165, 1.54) is 19.2 Å². The van der Waals surface area contributed by atoms with Gasteiger partial charge in [-0.05, 0) is 19.1 Å². The van der Waals surface area contributed by atoms with E-state index < -0.39 is 16.9 Å². The third kappa shape index (κ3) is 3.92. The van der Waals surface area contributed by atoms with Gasteiger partial charge in [-0.15, -0.1) is 0 Å². The van der Waals surface area contributed by atoms with Crippen molar-refractivity contribution in [3.8, 4) is 5.75 Å². The summed E-state index contributed by atoms with van der Waals surface area (Å²) in [6.07, 6.45) is 0.0408. The summed E-state index contributed by atoms with van der Waals surface area (Å²) in [4.78, 5) is 21.8. The van der Waals surface area contributed by atoms with Crippen molar-refractivity contribution in [1.29, 1.82) is 0 Å². The van der Waals surface area contributed by atoms with Gasteiger partial charge >= 0.3 is 5.97 Å². The maximum absolute atomic E-state index is 11.4. The van der Waals surface area contributed by atoms with E-state index in [9.17, 15) is 14.9 Å². The van der Waals surface area contributed by atoms with E-state index in [0.29, 0.717) is 11.3 Å². The van der Waals surface area contributed by atoms with E-state index in [1.54, 1.807) is 13.0 Å². The second-order valence-electron chi connectivity index (χ2n) is 3.81. The number of nitrogens with zero attached hydrogens (tertiary/aromatic N) is 1. The molecule has 0 amide bonds. The predicted molar refractivity (Wildman–Crippen MR) is 68.0 cm³/mol. The molecule has 0 aliphatic rings. The number of methoxy groups -OCH3 is 1. The molecule has 0 aliphatic heterocycles. The first-order valence-corrected chi connectivity index (χ1v) is 5.73. The monoisotopic (exact) mass is 268 g/mol. The Morgan fingerprint density at radius 2 is 2.21 bits per heavy atom. The highest BCUT2D eigenvalue weighted by Gasteiger charge is 2.21. The highest BCUT2D eigenvalue weighted by molar-refractivity contribution is 5.76. The Balaban J connectivity index is 2.94. The molecule has 1 unspecified atom stereocenters. The summed E-state index contributed by atoms with van der Waals surface area (Å²) in [6.45, 7) is 1.89. The van der Waals surface area contributed by atoms with Crippen LogP contribution in [0.5, 0.6) is 5.75 Å². The number of carbonyl (C=O) groups excluding carboxylic acids is 1. The zero-order valence-electron chi connectivity index (χ0n) is 10.8. The SMILES string of the molecule is CCOC(=O)C(N)Cc1ccc(OC)cc1[N+](=O)[O-]. The molecule has 0 bridgehead atoms. The fourth-order valence-corrected chi connectivity index (χ4v) is 1.58. The highest BCUT2D eigenvalue weighted by atomic mass is 16.6. The molecule has 0 radical (unpaired) electrons. The molecular weight excluding hydrogens is 252 g/mol. The van der Waals surface area contributed by atoms with Crippen LogP contribution < -0.4 is 10.5 Å². The third-order valence-corrected chi connectivity index (χ3v) is 2.52. The number of esters is 1. The Morgan fingerprint density at radius 1 is 1.53 bits per heavy atom. The van der Waals surface area contributed by atoms with Crippen molar-refractivity contribution in [3.05, 3.63) is 33.9 Å². The molecule has 1 aromatic rings. The average molecular weight is 268 g/mol. The number of ether oxygens (including phenoxy) is 2. The number of nitrogens with two attached hydrogens (primary N) is 1. The molecule has 0 fully saturated rings. The van der Waals surface area contributed by atoms with E-state index in [2.05, 4.69) is 0 Å². The summed E-state index contributed by atoms with van der Waals surface area (Å²) < 4.78 is 9.69. The minimum atomic E-state index is -0.924. The largest absolute Gasteiger partial charge is 0.497 e. The molecule has 7 heteroatoms. The molecule has 0 heterocycles. The van der Waals surface area contributed by atoms with Crippen molar-refractivity contribution in [2.75, 3.05) is 13.7 Å². The van der Waals surface area contributed by atoms with Gasteiger partial charge in [0.1, 0.15) is 11.8 Å². The molecule has 1 atom stereocenters. The Hall–Kier alpha value is -2.15. The summed E-state index contributed by atoms with van der Waals surface area (Å²) in [5.74, 6) is -0.201. The van der Waals surface area contributed by atoms with Gasteiger partial charge in [-0.3, -0.25) is 14.9 Å². The number of hydrogen-bond donors (Lipinski definition) is 1. The van der Waals surface area contributed by atoms with Crippen molar-refractivity contribution >= 4 is 11.7 Å². The topological polar surface area (TPSA) is 105 Å². The van der Waals surface area contributed by atoms with Gasteiger partial charge in [-0.2, -0.15) is 0 Å². The smallest absolute Gasteiger partial charge is 0.323 e. The first-order chi connectivity index (χ1) is 8.99. The number of carbonyl (C=O) groups is 1. The van der Waals surface area contributed by atoms with Gasteiger partial charge in [-0.1, -0.05) is 0 Å². The maximum atomic E-state index is 11.4. The summed E-state index contributed by atoms with van der Waals surface area (Å²) in [5, 5.41) is 11.0. The fourth-order valence-electron chi connectivity index (χ4n) is 1.58. The number of rotatable bonds is 6. The van der Waals surface area contributed by atoms with E-state index in [-0.39, 0.29) is 18.7 Å². The molecule has 1 rings (SSSR count). The number of nitro groups is 1. The molecule has 0 spiro atoms. The van der Waals surface area contributed by atoms with Crippen molar-refractivity contribution in [2.45, 2.75) is 19.4 Å². The van der Waals surface area contributed by atoms with Gasteiger partial charge in [0, 0.05) is 12.0 Å². The summed E-state index contributed by atoms with van der Waals surface area (Å²) in [7, 11) is 1.42. The number of hydrogen-bond acceptors (Lipinski definition) is 6. The lowest BCUT2D eigenvalue weighted by Crippen LogP contribution is -2.34. The Kier molecular flexibility index (Phi) is 5.25. The molecular formula is C12H16N2O5. The Labute approximate surface area is 110 Å². The molecule has 1 aromatic carbocycles. The lowest BCUT2D eigenvalue weighted by atomic mass is 10.0. The summed E-state index contributed by atoms with van der Waals surface area (Å²) in [5.41, 5.74) is 5.89. The van der Waals surface area contributed by atoms with Crippen LogP contribution in [0.3, 0.4) is 0 Å². The van der Waals surface area contributed by atoms with Crippen LogP contribution in [-0.4, -0.2) is 30.7 Å². The van der Waals surface area contributed by atoms with Crippen molar-refractivity contribution in [2.24, 2.45) is 5.73 Å². The second kappa shape index (κ2) is 6.69. The van der Waals surface area contributed by atoms with E-state index in [0.717, 1.165) is 0 Å². The van der Waals surface area contributed by atoms with Crippen molar-refractivity contribution < 1.29 is 19.2 Å². The van der Waals surface area contributed by atoms with Crippen LogP contribution in [0.15, 0.2) is 18.2 Å². The van der Waals surface area contributed by atoms with Crippen LogP contribution in [0.2, 0.25) is 0 Å². The standard InChI is InChI=1S/C12H16N2O5/c1-3-19-12(15)10(13)6-8-4-5-9(18-2)7-11(8)14(16)17/h4-5,7,10H,3,6,13H2,1-2H3. The summed E-state index contributed by atoms with van der Waals surface area (Å²) in [6, 6.07) is 3.48. The number of nitro benzene ring substituents is 1. The molecule has 0 aliphatic carbocycles. The fraction of sp³-hybridized carbons (Fsp3) is 0.417. The van der Waals surface area contributed by atoms with Gasteiger partial charge in [0.15, 0.2) is 0 Å². The van der Waals surface area contributed by atoms with E-state index in [4.69, 9.17) is 15.2 Å². The molecule has 0 aromatic heterocycles. The predicted octanol–water partition coefficient (Wildman–Crippen LogP) is 1.04. The lowest BCUT2D eigenvalue weighted by Gasteiger charge is -2.11. The van der Waals surface area contributed by atoms with Gasteiger partial charge < -0.3 is 15.2 Å². The van der Waals surface area contributed by atoms with Crippen molar-refractivity contribution in [3.63, 3.8) is 0 Å². The maximum Gasteiger partial charge on any atom is 0.323 e. The van der Waals surface area contributed by atoms with E-state index >= 15 is 0 Å². The molecule has 2 N–H and O–H groups in total. The van der Waals surface area contributed by atoms with Gasteiger partial charge in [0.05, 0.1) is 24.7 Å². The molecule has 104 valence electrons. The molecule has 0 saturated heterocycles. The Bertz CT molecular complexity index is 475. The van der Waals surface area contributed by atoms with Crippen LogP contribution in [0.25, 0.3) is 0 Å². The lowest BCUT2D eigenvalue weighted by molar-refractivity contribution is -0.385. The van der Waals surface area contributed by atoms with Crippen LogP contribution in [0, 0.1) is 10.1 Å². The van der Waals surface area contributed by atoms with Gasteiger partial charge in [0.2, 0.25) is 0 Å². The van der Waals surface area contributed by atoms with Crippen molar-refractivity contribution in [1.82, 2.24) is 0 Å². The van der Waals surface area contributed by atoms with Crippen LogP contribution in [0.4, 0.5) is 5.69 Å². The first kappa shape index (κ1) is 14.9. The molecule has 7 nitrogen and oxygen atoms in total. The third-order valence-electron chi connectivity index (χ3n) is 2.52. The van der Waals surface area contributed by atoms with E-state index in [1.807, 2.05) is 0 Å². The van der Waals surface area contributed by atoms with Gasteiger partial charge in [0.25, 0.3) is 5.69 Å². The first-order valence-electron chi connectivity index (χ1n) is 5.73. The highest BCUT2D eigenvalue weighted by Crippen LogP contribution is 2.25. The molecule has 0 saturated carbocycles. The Morgan fingerprint density at radius 3 is 2.74 bits per heavy atom. The summed E-state index contributed by atoms with van der Waals surface area (Å²) >= 11 is 0. The second-order valence-corrected chi connectivity index (χ2v) is 3.81. The number of benzene rings is 1. The van der Waals surface area contributed by atoms with Gasteiger partial charge in [-0.25, -0.2) is 0 Å². The average Bonchev–Trinajstić information content (AvgIpc) is 2.39. The zero-order chi connectivity index (χ0) is 14.4.